The van der Waals surface area contributed by atoms with E-state index in [0.717, 1.165) is 0 Å². The Hall–Kier alpha value is -1.60. The van der Waals surface area contributed by atoms with Crippen LogP contribution in [0.1, 0.15) is 18.4 Å². The van der Waals surface area contributed by atoms with E-state index in [0.29, 0.717) is 10.7 Å². The number of rotatable bonds is 3. The van der Waals surface area contributed by atoms with Crippen LogP contribution in [0.15, 0.2) is 24.4 Å². The number of hydrogen-bond acceptors (Lipinski definition) is 3. The van der Waals surface area contributed by atoms with E-state index in [2.05, 4.69) is 4.98 Å². The topological polar surface area (TPSA) is 53.4 Å². The van der Waals surface area contributed by atoms with E-state index in [1.54, 1.807) is 18.2 Å². The van der Waals surface area contributed by atoms with Gasteiger partial charge in [0.25, 0.3) is 0 Å². The fourth-order valence-corrected chi connectivity index (χ4v) is 2.68. The van der Waals surface area contributed by atoms with E-state index in [4.69, 9.17) is 11.6 Å². The Bertz CT molecular complexity index is 584. The van der Waals surface area contributed by atoms with Crippen molar-refractivity contribution in [3.05, 3.63) is 35.1 Å². The molecule has 1 N–H and O–H groups in total. The van der Waals surface area contributed by atoms with Gasteiger partial charge in [-0.2, -0.15) is 13.2 Å². The smallest absolute Gasteiger partial charge is 0.383 e. The molecule has 0 aliphatic carbocycles. The Morgan fingerprint density at radius 3 is 2.65 bits per heavy atom. The van der Waals surface area contributed by atoms with Gasteiger partial charge >= 0.3 is 6.18 Å². The summed E-state index contributed by atoms with van der Waals surface area (Å²) in [4.78, 5) is 17.3. The molecule has 1 aromatic rings. The maximum Gasteiger partial charge on any atom is 0.414 e. The molecule has 126 valence electrons. The zero-order valence-electron chi connectivity index (χ0n) is 12.1. The predicted octanol–water partition coefficient (Wildman–Crippen LogP) is 2.91. The third kappa shape index (κ3) is 4.94. The molecule has 0 bridgehead atoms. The molecule has 1 fully saturated rings. The minimum absolute atomic E-state index is 0.126. The standard InChI is InChI=1S/C15H16ClF3N2O2/c16-12-9-10(3-6-20-12)1-2-13(22)21-7-4-11(5-8-21)14(23)15(17,18)19/h1-3,6,9,11,14,23H,4-5,7-8H2/b2-1+. The summed E-state index contributed by atoms with van der Waals surface area (Å²) in [5, 5.41) is 9.56. The minimum atomic E-state index is -4.61. The number of amides is 1. The van der Waals surface area contributed by atoms with E-state index in [-0.39, 0.29) is 31.8 Å². The largest absolute Gasteiger partial charge is 0.414 e. The molecule has 0 spiro atoms. The molecule has 1 amide bonds. The summed E-state index contributed by atoms with van der Waals surface area (Å²) in [6.45, 7) is 0.385. The SMILES string of the molecule is O=C(/C=C/c1ccnc(Cl)c1)N1CCC(C(O)C(F)(F)F)CC1. The van der Waals surface area contributed by atoms with Crippen LogP contribution in [0.5, 0.6) is 0 Å². The number of piperidine rings is 1. The van der Waals surface area contributed by atoms with Crippen molar-refractivity contribution in [1.29, 1.82) is 0 Å². The molecule has 1 unspecified atom stereocenters. The molecule has 8 heteroatoms. The van der Waals surface area contributed by atoms with Crippen LogP contribution in [0.3, 0.4) is 0 Å². The van der Waals surface area contributed by atoms with Crippen molar-refractivity contribution in [2.45, 2.75) is 25.1 Å². The summed E-state index contributed by atoms with van der Waals surface area (Å²) in [7, 11) is 0. The molecular weight excluding hydrogens is 333 g/mol. The lowest BCUT2D eigenvalue weighted by Crippen LogP contribution is -2.44. The van der Waals surface area contributed by atoms with E-state index in [1.807, 2.05) is 0 Å². The average molecular weight is 349 g/mol. The normalized spacial score (nSPS) is 18.4. The highest BCUT2D eigenvalue weighted by Crippen LogP contribution is 2.31. The highest BCUT2D eigenvalue weighted by atomic mass is 35.5. The van der Waals surface area contributed by atoms with Crippen LogP contribution in [0.25, 0.3) is 6.08 Å². The van der Waals surface area contributed by atoms with Gasteiger partial charge in [-0.15, -0.1) is 0 Å². The zero-order valence-corrected chi connectivity index (χ0v) is 12.9. The number of alkyl halides is 3. The Labute approximate surface area is 136 Å². The lowest BCUT2D eigenvalue weighted by Gasteiger charge is -2.34. The van der Waals surface area contributed by atoms with Gasteiger partial charge in [0, 0.05) is 25.4 Å². The van der Waals surface area contributed by atoms with Gasteiger partial charge in [-0.1, -0.05) is 11.6 Å². The molecule has 0 radical (unpaired) electrons. The van der Waals surface area contributed by atoms with Gasteiger partial charge in [-0.05, 0) is 42.5 Å². The third-order valence-electron chi connectivity index (χ3n) is 3.80. The molecule has 23 heavy (non-hydrogen) atoms. The van der Waals surface area contributed by atoms with Crippen LogP contribution in [-0.2, 0) is 4.79 Å². The molecule has 1 aliphatic heterocycles. The Morgan fingerprint density at radius 1 is 1.43 bits per heavy atom. The lowest BCUT2D eigenvalue weighted by molar-refractivity contribution is -0.222. The number of halogens is 4. The number of aliphatic hydroxyl groups is 1. The molecule has 0 aromatic carbocycles. The van der Waals surface area contributed by atoms with Crippen molar-refractivity contribution >= 4 is 23.6 Å². The second-order valence-electron chi connectivity index (χ2n) is 5.39. The van der Waals surface area contributed by atoms with Gasteiger partial charge in [0.1, 0.15) is 5.15 Å². The average Bonchev–Trinajstić information content (AvgIpc) is 2.51. The fraction of sp³-hybridized carbons (Fsp3) is 0.467. The summed E-state index contributed by atoms with van der Waals surface area (Å²) in [6.07, 6.45) is -2.25. The Morgan fingerprint density at radius 2 is 2.09 bits per heavy atom. The minimum Gasteiger partial charge on any atom is -0.383 e. The predicted molar refractivity (Wildman–Crippen MR) is 79.6 cm³/mol. The molecule has 1 atom stereocenters. The molecule has 2 heterocycles. The second kappa shape index (κ2) is 7.31. The first-order valence-electron chi connectivity index (χ1n) is 7.10. The van der Waals surface area contributed by atoms with Crippen LogP contribution >= 0.6 is 11.6 Å². The van der Waals surface area contributed by atoms with Crippen molar-refractivity contribution in [2.24, 2.45) is 5.92 Å². The number of aliphatic hydroxyl groups excluding tert-OH is 1. The van der Waals surface area contributed by atoms with Crippen molar-refractivity contribution in [3.8, 4) is 0 Å². The molecule has 4 nitrogen and oxygen atoms in total. The van der Waals surface area contributed by atoms with Crippen LogP contribution in [0, 0.1) is 5.92 Å². The van der Waals surface area contributed by atoms with Gasteiger partial charge in [-0.25, -0.2) is 4.98 Å². The fourth-order valence-electron chi connectivity index (χ4n) is 2.50. The van der Waals surface area contributed by atoms with Crippen molar-refractivity contribution < 1.29 is 23.1 Å². The zero-order chi connectivity index (χ0) is 17.0. The number of aromatic nitrogens is 1. The molecule has 1 saturated heterocycles. The number of carbonyl (C=O) groups excluding carboxylic acids is 1. The second-order valence-corrected chi connectivity index (χ2v) is 5.78. The maximum absolute atomic E-state index is 12.5. The van der Waals surface area contributed by atoms with Gasteiger partial charge in [0.05, 0.1) is 0 Å². The van der Waals surface area contributed by atoms with Crippen molar-refractivity contribution in [3.63, 3.8) is 0 Å². The molecular formula is C15H16ClF3N2O2. The highest BCUT2D eigenvalue weighted by molar-refractivity contribution is 6.29. The monoisotopic (exact) mass is 348 g/mol. The number of nitrogens with zero attached hydrogens (tertiary/aromatic N) is 2. The number of carbonyl (C=O) groups is 1. The molecule has 0 saturated carbocycles. The van der Waals surface area contributed by atoms with Gasteiger partial charge in [0.2, 0.25) is 5.91 Å². The van der Waals surface area contributed by atoms with Crippen LogP contribution in [0.2, 0.25) is 5.15 Å². The third-order valence-corrected chi connectivity index (χ3v) is 4.01. The maximum atomic E-state index is 12.5. The summed E-state index contributed by atoms with van der Waals surface area (Å²) in [5.74, 6) is -1.14. The molecule has 1 aromatic heterocycles. The molecule has 2 rings (SSSR count). The van der Waals surface area contributed by atoms with Gasteiger partial charge in [-0.3, -0.25) is 4.79 Å². The summed E-state index contributed by atoms with van der Waals surface area (Å²) in [6, 6.07) is 3.28. The first-order chi connectivity index (χ1) is 10.8. The van der Waals surface area contributed by atoms with Gasteiger partial charge < -0.3 is 10.0 Å². The summed E-state index contributed by atoms with van der Waals surface area (Å²) < 4.78 is 37.4. The van der Waals surface area contributed by atoms with Crippen LogP contribution < -0.4 is 0 Å². The summed E-state index contributed by atoms with van der Waals surface area (Å²) in [5.41, 5.74) is 0.709. The Kier molecular flexibility index (Phi) is 5.64. The van der Waals surface area contributed by atoms with Crippen LogP contribution in [-0.4, -0.2) is 46.3 Å². The number of pyridine rings is 1. The lowest BCUT2D eigenvalue weighted by atomic mass is 9.91. The van der Waals surface area contributed by atoms with E-state index in [1.165, 1.54) is 17.2 Å². The van der Waals surface area contributed by atoms with E-state index >= 15 is 0 Å². The first kappa shape index (κ1) is 17.7. The summed E-state index contributed by atoms with van der Waals surface area (Å²) >= 11 is 5.74. The Balaban J connectivity index is 1.89. The quantitative estimate of drug-likeness (QED) is 0.675. The highest BCUT2D eigenvalue weighted by Gasteiger charge is 2.44. The van der Waals surface area contributed by atoms with E-state index in [9.17, 15) is 23.1 Å². The van der Waals surface area contributed by atoms with Crippen LogP contribution in [0.4, 0.5) is 13.2 Å². The molecule has 1 aliphatic rings. The number of hydrogen-bond donors (Lipinski definition) is 1. The van der Waals surface area contributed by atoms with E-state index < -0.39 is 18.2 Å². The number of likely N-dealkylation sites (tertiary alicyclic amines) is 1. The first-order valence-corrected chi connectivity index (χ1v) is 7.48. The van der Waals surface area contributed by atoms with Crippen molar-refractivity contribution in [1.82, 2.24) is 9.88 Å². The van der Waals surface area contributed by atoms with Gasteiger partial charge in [0.15, 0.2) is 6.10 Å². The van der Waals surface area contributed by atoms with Crippen molar-refractivity contribution in [2.75, 3.05) is 13.1 Å².